The number of hydrogen-bond donors (Lipinski definition) is 3. The van der Waals surface area contributed by atoms with E-state index in [4.69, 9.17) is 0 Å². The van der Waals surface area contributed by atoms with E-state index in [1.165, 1.54) is 0 Å². The van der Waals surface area contributed by atoms with Crippen molar-refractivity contribution in [2.24, 2.45) is 0 Å². The third-order valence-corrected chi connectivity index (χ3v) is 0.951. The average molecular weight is 195 g/mol. The van der Waals surface area contributed by atoms with E-state index in [1.54, 1.807) is 0 Å². The van der Waals surface area contributed by atoms with Crippen LogP contribution >= 0.6 is 25.3 Å². The normalized spacial score (nSPS) is 8.27. The van der Waals surface area contributed by atoms with Crippen LogP contribution in [0.2, 0.25) is 0 Å². The van der Waals surface area contributed by atoms with Gasteiger partial charge in [-0.3, -0.25) is 0 Å². The Labute approximate surface area is 80.0 Å². The highest BCUT2D eigenvalue weighted by molar-refractivity contribution is 7.80. The fourth-order valence-electron chi connectivity index (χ4n) is 0.365. The number of aldehydes is 1. The first-order valence-corrected chi connectivity index (χ1v) is 4.96. The molecule has 11 heavy (non-hydrogen) atoms. The quantitative estimate of drug-likeness (QED) is 0.347. The summed E-state index contributed by atoms with van der Waals surface area (Å²) in [6.45, 7) is 3.66. The molecule has 0 saturated carbocycles. The third-order valence-electron chi connectivity index (χ3n) is 0.728. The molecule has 4 heteroatoms. The summed E-state index contributed by atoms with van der Waals surface area (Å²) in [4.78, 5) is 9.71. The Kier molecular flexibility index (Phi) is 21.1. The lowest BCUT2D eigenvalue weighted by atomic mass is 10.5. The lowest BCUT2D eigenvalue weighted by molar-refractivity contribution is -0.107. The summed E-state index contributed by atoms with van der Waals surface area (Å²) in [6, 6.07) is 0. The molecule has 0 aromatic carbocycles. The van der Waals surface area contributed by atoms with Gasteiger partial charge in [-0.15, -0.1) is 0 Å². The molecule has 0 heterocycles. The average Bonchev–Trinajstić information content (AvgIpc) is 2.00. The van der Waals surface area contributed by atoms with Crippen molar-refractivity contribution in [2.45, 2.75) is 13.3 Å². The van der Waals surface area contributed by atoms with E-state index in [9.17, 15) is 4.79 Å². The second-order valence-corrected chi connectivity index (χ2v) is 2.82. The molecule has 0 aromatic rings. The molecular weight excluding hydrogens is 178 g/mol. The molecule has 1 N–H and O–H groups in total. The van der Waals surface area contributed by atoms with Gasteiger partial charge in [0.1, 0.15) is 6.29 Å². The van der Waals surface area contributed by atoms with E-state index < -0.39 is 0 Å². The van der Waals surface area contributed by atoms with E-state index in [2.05, 4.69) is 30.6 Å². The molecule has 0 aliphatic heterocycles. The van der Waals surface area contributed by atoms with Crippen molar-refractivity contribution in [3.63, 3.8) is 0 Å². The number of nitrogens with one attached hydrogen (secondary N) is 1. The molecule has 0 aliphatic carbocycles. The third kappa shape index (κ3) is 25.2. The van der Waals surface area contributed by atoms with Crippen molar-refractivity contribution in [3.05, 3.63) is 0 Å². The molecular formula is C7H17NOS2. The second-order valence-electron chi connectivity index (χ2n) is 1.75. The summed E-state index contributed by atoms with van der Waals surface area (Å²) >= 11 is 7.76. The van der Waals surface area contributed by atoms with Gasteiger partial charge in [0.25, 0.3) is 0 Å². The monoisotopic (exact) mass is 195 g/mol. The molecule has 0 atom stereocenters. The maximum Gasteiger partial charge on any atom is 0.121 e. The van der Waals surface area contributed by atoms with Crippen LogP contribution in [0, 0.1) is 0 Å². The number of thiol groups is 2. The zero-order chi connectivity index (χ0) is 8.95. The molecule has 2 nitrogen and oxygen atoms in total. The zero-order valence-corrected chi connectivity index (χ0v) is 8.70. The first kappa shape index (κ1) is 13.9. The van der Waals surface area contributed by atoms with Gasteiger partial charge in [-0.2, -0.15) is 25.3 Å². The summed E-state index contributed by atoms with van der Waals surface area (Å²) in [7, 11) is 0. The first-order chi connectivity index (χ1) is 5.33. The van der Waals surface area contributed by atoms with E-state index in [-0.39, 0.29) is 0 Å². The molecule has 68 valence electrons. The van der Waals surface area contributed by atoms with Crippen LogP contribution in [0.1, 0.15) is 13.3 Å². The van der Waals surface area contributed by atoms with Gasteiger partial charge < -0.3 is 10.1 Å². The highest BCUT2D eigenvalue weighted by Gasteiger charge is 1.80. The Bertz CT molecular complexity index is 71.5. The summed E-state index contributed by atoms with van der Waals surface area (Å²) < 4.78 is 0. The summed E-state index contributed by atoms with van der Waals surface area (Å²) in [5.41, 5.74) is 0. The van der Waals surface area contributed by atoms with Crippen LogP contribution in [0.5, 0.6) is 0 Å². The molecule has 0 radical (unpaired) electrons. The minimum absolute atomic E-state index is 0.605. The van der Waals surface area contributed by atoms with Crippen molar-refractivity contribution in [2.75, 3.05) is 24.6 Å². The molecule has 0 aromatic heterocycles. The maximum atomic E-state index is 9.71. The number of rotatable bonds is 5. The van der Waals surface area contributed by atoms with Gasteiger partial charge in [-0.05, 0) is 5.75 Å². The lowest BCUT2D eigenvalue weighted by Crippen LogP contribution is -2.17. The van der Waals surface area contributed by atoms with Crippen LogP contribution in [-0.4, -0.2) is 30.9 Å². The summed E-state index contributed by atoms with van der Waals surface area (Å²) in [6.07, 6.45) is 1.51. The van der Waals surface area contributed by atoms with Gasteiger partial charge in [-0.1, -0.05) is 6.92 Å². The standard InChI is InChI=1S/C5H11NOS.C2H6S/c7-4-1-2-6-3-5-8;1-2-3/h4,6,8H,1-3,5H2;3H,2H2,1H3. The minimum atomic E-state index is 0.605. The molecule has 0 aliphatic rings. The molecule has 0 unspecified atom stereocenters. The van der Waals surface area contributed by atoms with Crippen LogP contribution in [0.4, 0.5) is 0 Å². The molecule has 0 rings (SSSR count). The van der Waals surface area contributed by atoms with Crippen LogP contribution in [0.15, 0.2) is 0 Å². The second kappa shape index (κ2) is 16.7. The largest absolute Gasteiger partial charge is 0.315 e. The van der Waals surface area contributed by atoms with Crippen molar-refractivity contribution < 1.29 is 4.79 Å². The fraction of sp³-hybridized carbons (Fsp3) is 0.857. The van der Waals surface area contributed by atoms with Gasteiger partial charge >= 0.3 is 0 Å². The molecule has 0 saturated heterocycles. The van der Waals surface area contributed by atoms with Crippen LogP contribution in [0.3, 0.4) is 0 Å². The van der Waals surface area contributed by atoms with Gasteiger partial charge in [0.2, 0.25) is 0 Å². The van der Waals surface area contributed by atoms with Gasteiger partial charge in [0.05, 0.1) is 0 Å². The van der Waals surface area contributed by atoms with Crippen LogP contribution in [-0.2, 0) is 4.79 Å². The lowest BCUT2D eigenvalue weighted by Gasteiger charge is -1.94. The van der Waals surface area contributed by atoms with Crippen LogP contribution in [0.25, 0.3) is 0 Å². The molecule has 0 spiro atoms. The van der Waals surface area contributed by atoms with Gasteiger partial charge in [-0.25, -0.2) is 0 Å². The number of hydrogen-bond acceptors (Lipinski definition) is 4. The predicted molar refractivity (Wildman–Crippen MR) is 56.9 cm³/mol. The SMILES string of the molecule is CCS.O=CCCNCCS. The zero-order valence-electron chi connectivity index (χ0n) is 6.92. The van der Waals surface area contributed by atoms with Crippen LogP contribution < -0.4 is 5.32 Å². The Morgan fingerprint density at radius 2 is 1.91 bits per heavy atom. The van der Waals surface area contributed by atoms with Crippen molar-refractivity contribution in [1.29, 1.82) is 0 Å². The highest BCUT2D eigenvalue weighted by Crippen LogP contribution is 1.69. The van der Waals surface area contributed by atoms with Gasteiger partial charge in [0.15, 0.2) is 0 Å². The summed E-state index contributed by atoms with van der Waals surface area (Å²) in [5, 5.41) is 3.03. The molecule has 0 amide bonds. The Morgan fingerprint density at radius 3 is 2.27 bits per heavy atom. The van der Waals surface area contributed by atoms with Gasteiger partial charge in [0, 0.05) is 25.3 Å². The smallest absolute Gasteiger partial charge is 0.121 e. The minimum Gasteiger partial charge on any atom is -0.315 e. The Morgan fingerprint density at radius 1 is 1.36 bits per heavy atom. The van der Waals surface area contributed by atoms with E-state index in [0.29, 0.717) is 6.42 Å². The van der Waals surface area contributed by atoms with Crippen molar-refractivity contribution in [1.82, 2.24) is 5.32 Å². The van der Waals surface area contributed by atoms with Crippen molar-refractivity contribution >= 4 is 31.5 Å². The number of carbonyl (C=O) groups is 1. The number of carbonyl (C=O) groups excluding carboxylic acids is 1. The van der Waals surface area contributed by atoms with E-state index >= 15 is 0 Å². The summed E-state index contributed by atoms with van der Waals surface area (Å²) in [5.74, 6) is 1.78. The fourth-order valence-corrected chi connectivity index (χ4v) is 0.523. The Hall–Kier alpha value is 0.330. The molecule has 0 fully saturated rings. The highest BCUT2D eigenvalue weighted by atomic mass is 32.1. The maximum absolute atomic E-state index is 9.71. The van der Waals surface area contributed by atoms with E-state index in [1.807, 2.05) is 6.92 Å². The topological polar surface area (TPSA) is 29.1 Å². The molecule has 0 bridgehead atoms. The predicted octanol–water partition coefficient (Wildman–Crippen LogP) is 1.03. The first-order valence-electron chi connectivity index (χ1n) is 3.69. The van der Waals surface area contributed by atoms with E-state index in [0.717, 1.165) is 30.9 Å². The Balaban J connectivity index is 0. The van der Waals surface area contributed by atoms with Crippen molar-refractivity contribution in [3.8, 4) is 0 Å².